The van der Waals surface area contributed by atoms with Gasteiger partial charge in [-0.3, -0.25) is 4.79 Å². The number of ether oxygens (including phenoxy) is 2. The molecule has 0 bridgehead atoms. The average Bonchev–Trinajstić information content (AvgIpc) is 2.42. The quantitative estimate of drug-likeness (QED) is 0.691. The van der Waals surface area contributed by atoms with Gasteiger partial charge in [-0.15, -0.1) is 0 Å². The molecule has 0 radical (unpaired) electrons. The number of aromatic carboxylic acids is 1. The Morgan fingerprint density at radius 2 is 1.67 bits per heavy atom. The van der Waals surface area contributed by atoms with E-state index in [9.17, 15) is 14.0 Å². The SMILES string of the molecule is CC(=O)Oc1ccc(Oc2ccc(C(=O)O)cc2)cc1F. The third-order valence-electron chi connectivity index (χ3n) is 2.49. The fraction of sp³-hybridized carbons (Fsp3) is 0.0667. The van der Waals surface area contributed by atoms with E-state index >= 15 is 0 Å². The van der Waals surface area contributed by atoms with E-state index in [1.54, 1.807) is 0 Å². The normalized spacial score (nSPS) is 10.0. The first kappa shape index (κ1) is 14.5. The monoisotopic (exact) mass is 290 g/mol. The second-order valence-electron chi connectivity index (χ2n) is 4.12. The van der Waals surface area contributed by atoms with Gasteiger partial charge in [0.1, 0.15) is 11.5 Å². The van der Waals surface area contributed by atoms with Gasteiger partial charge in [0.2, 0.25) is 0 Å². The van der Waals surface area contributed by atoms with Crippen LogP contribution in [0.4, 0.5) is 4.39 Å². The topological polar surface area (TPSA) is 72.8 Å². The first-order chi connectivity index (χ1) is 9.95. The van der Waals surface area contributed by atoms with Crippen molar-refractivity contribution >= 4 is 11.9 Å². The number of halogens is 1. The van der Waals surface area contributed by atoms with Crippen LogP contribution in [0.2, 0.25) is 0 Å². The lowest BCUT2D eigenvalue weighted by atomic mass is 10.2. The van der Waals surface area contributed by atoms with Crippen LogP contribution in [0.3, 0.4) is 0 Å². The summed E-state index contributed by atoms with van der Waals surface area (Å²) >= 11 is 0. The molecule has 2 rings (SSSR count). The van der Waals surface area contributed by atoms with Crippen LogP contribution in [0.25, 0.3) is 0 Å². The van der Waals surface area contributed by atoms with Gasteiger partial charge in [-0.25, -0.2) is 9.18 Å². The van der Waals surface area contributed by atoms with E-state index in [1.807, 2.05) is 0 Å². The molecule has 0 aliphatic heterocycles. The number of benzene rings is 2. The molecule has 0 aliphatic rings. The lowest BCUT2D eigenvalue weighted by molar-refractivity contribution is -0.132. The van der Waals surface area contributed by atoms with E-state index in [0.717, 1.165) is 6.07 Å². The summed E-state index contributed by atoms with van der Waals surface area (Å²) in [6.07, 6.45) is 0. The smallest absolute Gasteiger partial charge is 0.335 e. The van der Waals surface area contributed by atoms with Crippen LogP contribution in [0, 0.1) is 5.82 Å². The Balaban J connectivity index is 2.14. The highest BCUT2D eigenvalue weighted by Crippen LogP contribution is 2.27. The third kappa shape index (κ3) is 3.79. The maximum atomic E-state index is 13.6. The number of carboxylic acid groups (broad SMARTS) is 1. The molecule has 2 aromatic rings. The summed E-state index contributed by atoms with van der Waals surface area (Å²) in [5, 5.41) is 8.77. The minimum absolute atomic E-state index is 0.124. The van der Waals surface area contributed by atoms with E-state index in [-0.39, 0.29) is 17.1 Å². The first-order valence-corrected chi connectivity index (χ1v) is 5.95. The second kappa shape index (κ2) is 6.04. The van der Waals surface area contributed by atoms with Crippen LogP contribution >= 0.6 is 0 Å². The van der Waals surface area contributed by atoms with Gasteiger partial charge in [0.05, 0.1) is 5.56 Å². The van der Waals surface area contributed by atoms with Crippen molar-refractivity contribution in [3.05, 3.63) is 53.8 Å². The molecule has 6 heteroatoms. The molecule has 0 unspecified atom stereocenters. The van der Waals surface area contributed by atoms with Gasteiger partial charge < -0.3 is 14.6 Å². The summed E-state index contributed by atoms with van der Waals surface area (Å²) < 4.78 is 23.7. The Kier molecular flexibility index (Phi) is 4.18. The number of carbonyl (C=O) groups is 2. The maximum Gasteiger partial charge on any atom is 0.335 e. The van der Waals surface area contributed by atoms with Crippen molar-refractivity contribution in [2.75, 3.05) is 0 Å². The molecule has 0 amide bonds. The van der Waals surface area contributed by atoms with Crippen LogP contribution in [0.1, 0.15) is 17.3 Å². The lowest BCUT2D eigenvalue weighted by Gasteiger charge is -2.08. The van der Waals surface area contributed by atoms with Crippen LogP contribution in [-0.4, -0.2) is 17.0 Å². The molecule has 0 fully saturated rings. The molecule has 0 heterocycles. The fourth-order valence-corrected chi connectivity index (χ4v) is 1.58. The van der Waals surface area contributed by atoms with Crippen molar-refractivity contribution < 1.29 is 28.6 Å². The molecule has 21 heavy (non-hydrogen) atoms. The zero-order valence-electron chi connectivity index (χ0n) is 11.0. The van der Waals surface area contributed by atoms with Gasteiger partial charge in [0.15, 0.2) is 11.6 Å². The average molecular weight is 290 g/mol. The summed E-state index contributed by atoms with van der Waals surface area (Å²) in [5.41, 5.74) is 0.124. The second-order valence-corrected chi connectivity index (χ2v) is 4.12. The molecule has 5 nitrogen and oxygen atoms in total. The van der Waals surface area contributed by atoms with E-state index in [0.29, 0.717) is 5.75 Å². The molecular formula is C15H11FO5. The van der Waals surface area contributed by atoms with Gasteiger partial charge in [0, 0.05) is 13.0 Å². The summed E-state index contributed by atoms with van der Waals surface area (Å²) in [6.45, 7) is 1.17. The number of hydrogen-bond donors (Lipinski definition) is 1. The van der Waals surface area contributed by atoms with E-state index in [2.05, 4.69) is 4.74 Å². The summed E-state index contributed by atoms with van der Waals surface area (Å²) in [7, 11) is 0. The summed E-state index contributed by atoms with van der Waals surface area (Å²) in [4.78, 5) is 21.5. The number of rotatable bonds is 4. The maximum absolute atomic E-state index is 13.6. The minimum atomic E-state index is -1.04. The van der Waals surface area contributed by atoms with Crippen LogP contribution in [0.5, 0.6) is 17.2 Å². The van der Waals surface area contributed by atoms with Gasteiger partial charge >= 0.3 is 11.9 Å². The Morgan fingerprint density at radius 1 is 1.05 bits per heavy atom. The van der Waals surface area contributed by atoms with Crippen molar-refractivity contribution in [1.29, 1.82) is 0 Å². The Bertz CT molecular complexity index is 679. The predicted octanol–water partition coefficient (Wildman–Crippen LogP) is 3.24. The van der Waals surface area contributed by atoms with Gasteiger partial charge in [-0.1, -0.05) is 0 Å². The van der Waals surface area contributed by atoms with Crippen molar-refractivity contribution in [1.82, 2.24) is 0 Å². The highest BCUT2D eigenvalue weighted by molar-refractivity contribution is 5.87. The molecule has 2 aromatic carbocycles. The van der Waals surface area contributed by atoms with Crippen LogP contribution < -0.4 is 9.47 Å². The predicted molar refractivity (Wildman–Crippen MR) is 71.2 cm³/mol. The van der Waals surface area contributed by atoms with E-state index < -0.39 is 17.8 Å². The largest absolute Gasteiger partial charge is 0.478 e. The highest BCUT2D eigenvalue weighted by Gasteiger charge is 2.09. The van der Waals surface area contributed by atoms with Crippen molar-refractivity contribution in [3.63, 3.8) is 0 Å². The minimum Gasteiger partial charge on any atom is -0.478 e. The Morgan fingerprint density at radius 3 is 2.19 bits per heavy atom. The van der Waals surface area contributed by atoms with Gasteiger partial charge in [-0.2, -0.15) is 0 Å². The lowest BCUT2D eigenvalue weighted by Crippen LogP contribution is -2.03. The van der Waals surface area contributed by atoms with Gasteiger partial charge in [-0.05, 0) is 36.4 Å². The van der Waals surface area contributed by atoms with E-state index in [1.165, 1.54) is 43.3 Å². The molecule has 0 aliphatic carbocycles. The zero-order valence-corrected chi connectivity index (χ0v) is 11.0. The van der Waals surface area contributed by atoms with Crippen LogP contribution in [-0.2, 0) is 4.79 Å². The number of carboxylic acids is 1. The van der Waals surface area contributed by atoms with Crippen LogP contribution in [0.15, 0.2) is 42.5 Å². The summed E-state index contributed by atoms with van der Waals surface area (Å²) in [5.74, 6) is -2.02. The number of carbonyl (C=O) groups excluding carboxylic acids is 1. The van der Waals surface area contributed by atoms with Crippen molar-refractivity contribution in [2.45, 2.75) is 6.92 Å². The molecule has 0 spiro atoms. The number of hydrogen-bond acceptors (Lipinski definition) is 4. The zero-order chi connectivity index (χ0) is 15.4. The molecular weight excluding hydrogens is 279 g/mol. The molecule has 0 atom stereocenters. The fourth-order valence-electron chi connectivity index (χ4n) is 1.58. The standard InChI is InChI=1S/C15H11FO5/c1-9(17)20-14-7-6-12(8-13(14)16)21-11-4-2-10(3-5-11)15(18)19/h2-8H,1H3,(H,18,19). The molecule has 0 saturated carbocycles. The number of esters is 1. The van der Waals surface area contributed by atoms with Crippen molar-refractivity contribution in [2.24, 2.45) is 0 Å². The van der Waals surface area contributed by atoms with E-state index in [4.69, 9.17) is 9.84 Å². The molecule has 0 aromatic heterocycles. The Hall–Kier alpha value is -2.89. The molecule has 1 N–H and O–H groups in total. The molecule has 108 valence electrons. The van der Waals surface area contributed by atoms with Crippen molar-refractivity contribution in [3.8, 4) is 17.2 Å². The third-order valence-corrected chi connectivity index (χ3v) is 2.49. The molecule has 0 saturated heterocycles. The summed E-state index contributed by atoms with van der Waals surface area (Å²) in [6, 6.07) is 9.46. The first-order valence-electron chi connectivity index (χ1n) is 5.95. The highest BCUT2D eigenvalue weighted by atomic mass is 19.1. The van der Waals surface area contributed by atoms with Gasteiger partial charge in [0.25, 0.3) is 0 Å². The Labute approximate surface area is 119 Å².